The van der Waals surface area contributed by atoms with Crippen molar-refractivity contribution in [3.05, 3.63) is 0 Å². The number of rotatable bonds is 8. The first kappa shape index (κ1) is 13.4. The smallest absolute Gasteiger partial charge is 0.304 e. The summed E-state index contributed by atoms with van der Waals surface area (Å²) in [6, 6.07) is 0.450. The predicted octanol–water partition coefficient (Wildman–Crippen LogP) is 2.36. The number of nitrogens with zero attached hydrogens (tertiary/aromatic N) is 1. The lowest BCUT2D eigenvalue weighted by atomic mass is 10.2. The maximum atomic E-state index is 10.4. The van der Waals surface area contributed by atoms with Gasteiger partial charge in [-0.3, -0.25) is 4.79 Å². The van der Waals surface area contributed by atoms with E-state index in [-0.39, 0.29) is 6.42 Å². The second kappa shape index (κ2) is 7.80. The molecule has 0 aliphatic rings. The van der Waals surface area contributed by atoms with Gasteiger partial charge in [0.15, 0.2) is 0 Å². The first-order valence-electron chi connectivity index (χ1n) is 5.53. The second-order valence-corrected chi connectivity index (χ2v) is 3.98. The average molecular weight is 201 g/mol. The summed E-state index contributed by atoms with van der Waals surface area (Å²) in [5, 5.41) is 8.59. The molecule has 0 aromatic rings. The molecule has 0 bridgehead atoms. The van der Waals surface area contributed by atoms with E-state index in [9.17, 15) is 4.79 Å². The molecule has 0 rings (SSSR count). The number of hydrogen-bond donors (Lipinski definition) is 1. The highest BCUT2D eigenvalue weighted by Gasteiger charge is 2.10. The van der Waals surface area contributed by atoms with E-state index in [0.29, 0.717) is 12.6 Å². The minimum Gasteiger partial charge on any atom is -0.481 e. The molecule has 0 spiro atoms. The van der Waals surface area contributed by atoms with E-state index in [1.165, 1.54) is 19.3 Å². The van der Waals surface area contributed by atoms with Crippen molar-refractivity contribution in [2.75, 3.05) is 13.1 Å². The Kier molecular flexibility index (Phi) is 7.48. The third-order valence-electron chi connectivity index (χ3n) is 2.39. The molecule has 0 aliphatic heterocycles. The van der Waals surface area contributed by atoms with E-state index in [2.05, 4.69) is 25.7 Å². The first-order valence-corrected chi connectivity index (χ1v) is 5.53. The lowest BCUT2D eigenvalue weighted by Crippen LogP contribution is -2.33. The van der Waals surface area contributed by atoms with Crippen LogP contribution in [0, 0.1) is 0 Å². The van der Waals surface area contributed by atoms with Crippen molar-refractivity contribution in [1.82, 2.24) is 4.90 Å². The third-order valence-corrected chi connectivity index (χ3v) is 2.39. The number of aliphatic carboxylic acids is 1. The molecule has 3 heteroatoms. The van der Waals surface area contributed by atoms with Crippen LogP contribution in [-0.4, -0.2) is 35.1 Å². The van der Waals surface area contributed by atoms with Gasteiger partial charge in [0, 0.05) is 12.6 Å². The second-order valence-electron chi connectivity index (χ2n) is 3.98. The normalized spacial score (nSPS) is 11.2. The summed E-state index contributed by atoms with van der Waals surface area (Å²) in [6.45, 7) is 8.12. The SMILES string of the molecule is CCCCCN(CCC(=O)O)C(C)C. The Bertz CT molecular complexity index is 157. The van der Waals surface area contributed by atoms with Crippen molar-refractivity contribution in [1.29, 1.82) is 0 Å². The van der Waals surface area contributed by atoms with E-state index in [4.69, 9.17) is 5.11 Å². The zero-order valence-corrected chi connectivity index (χ0v) is 9.62. The van der Waals surface area contributed by atoms with Crippen molar-refractivity contribution >= 4 is 5.97 Å². The number of hydrogen-bond acceptors (Lipinski definition) is 2. The van der Waals surface area contributed by atoms with Gasteiger partial charge in [0.2, 0.25) is 0 Å². The summed E-state index contributed by atoms with van der Waals surface area (Å²) in [7, 11) is 0. The van der Waals surface area contributed by atoms with E-state index >= 15 is 0 Å². The molecule has 0 atom stereocenters. The molecule has 84 valence electrons. The lowest BCUT2D eigenvalue weighted by Gasteiger charge is -2.25. The predicted molar refractivity (Wildman–Crippen MR) is 58.5 cm³/mol. The van der Waals surface area contributed by atoms with Crippen LogP contribution in [0.5, 0.6) is 0 Å². The van der Waals surface area contributed by atoms with Crippen LogP contribution >= 0.6 is 0 Å². The van der Waals surface area contributed by atoms with Crippen molar-refractivity contribution in [2.45, 2.75) is 52.5 Å². The van der Waals surface area contributed by atoms with Crippen LogP contribution in [0.3, 0.4) is 0 Å². The van der Waals surface area contributed by atoms with Crippen molar-refractivity contribution in [3.63, 3.8) is 0 Å². The Morgan fingerprint density at radius 1 is 1.29 bits per heavy atom. The lowest BCUT2D eigenvalue weighted by molar-refractivity contribution is -0.137. The molecule has 1 N–H and O–H groups in total. The summed E-state index contributed by atoms with van der Waals surface area (Å²) in [5.41, 5.74) is 0. The molecular formula is C11H23NO2. The molecule has 0 aromatic carbocycles. The fraction of sp³-hybridized carbons (Fsp3) is 0.909. The molecule has 14 heavy (non-hydrogen) atoms. The van der Waals surface area contributed by atoms with Crippen molar-refractivity contribution < 1.29 is 9.90 Å². The van der Waals surface area contributed by atoms with Crippen LogP contribution in [0.4, 0.5) is 0 Å². The van der Waals surface area contributed by atoms with Crippen LogP contribution in [0.15, 0.2) is 0 Å². The van der Waals surface area contributed by atoms with Crippen molar-refractivity contribution in [2.24, 2.45) is 0 Å². The Labute approximate surface area is 87.1 Å². The molecule has 0 aliphatic carbocycles. The Hall–Kier alpha value is -0.570. The molecule has 0 saturated carbocycles. The molecular weight excluding hydrogens is 178 g/mol. The highest BCUT2D eigenvalue weighted by Crippen LogP contribution is 2.04. The summed E-state index contributed by atoms with van der Waals surface area (Å²) < 4.78 is 0. The maximum Gasteiger partial charge on any atom is 0.304 e. The fourth-order valence-corrected chi connectivity index (χ4v) is 1.43. The minimum atomic E-state index is -0.703. The largest absolute Gasteiger partial charge is 0.481 e. The molecule has 0 fully saturated rings. The van der Waals surface area contributed by atoms with Crippen LogP contribution in [0.2, 0.25) is 0 Å². The van der Waals surface area contributed by atoms with Gasteiger partial charge in [0.1, 0.15) is 0 Å². The molecule has 0 saturated heterocycles. The van der Waals surface area contributed by atoms with E-state index < -0.39 is 5.97 Å². The van der Waals surface area contributed by atoms with Gasteiger partial charge >= 0.3 is 5.97 Å². The quantitative estimate of drug-likeness (QED) is 0.613. The van der Waals surface area contributed by atoms with E-state index in [1.54, 1.807) is 0 Å². The average Bonchev–Trinajstić information content (AvgIpc) is 2.10. The number of carbonyl (C=O) groups is 1. The monoisotopic (exact) mass is 201 g/mol. The highest BCUT2D eigenvalue weighted by atomic mass is 16.4. The standard InChI is InChI=1S/C11H23NO2/c1-4-5-6-8-12(10(2)3)9-7-11(13)14/h10H,4-9H2,1-3H3,(H,13,14). The molecule has 3 nitrogen and oxygen atoms in total. The van der Waals surface area contributed by atoms with Crippen LogP contribution < -0.4 is 0 Å². The van der Waals surface area contributed by atoms with Crippen LogP contribution in [-0.2, 0) is 4.79 Å². The summed E-state index contributed by atoms with van der Waals surface area (Å²) >= 11 is 0. The first-order chi connectivity index (χ1) is 6.57. The van der Waals surface area contributed by atoms with Gasteiger partial charge < -0.3 is 10.0 Å². The minimum absolute atomic E-state index is 0.254. The fourth-order valence-electron chi connectivity index (χ4n) is 1.43. The zero-order chi connectivity index (χ0) is 11.0. The van der Waals surface area contributed by atoms with Crippen LogP contribution in [0.25, 0.3) is 0 Å². The zero-order valence-electron chi connectivity index (χ0n) is 9.62. The van der Waals surface area contributed by atoms with Crippen LogP contribution in [0.1, 0.15) is 46.5 Å². The third kappa shape index (κ3) is 6.89. The van der Waals surface area contributed by atoms with Gasteiger partial charge in [-0.25, -0.2) is 0 Å². The van der Waals surface area contributed by atoms with Gasteiger partial charge in [0.25, 0.3) is 0 Å². The molecule has 0 heterocycles. The number of unbranched alkanes of at least 4 members (excludes halogenated alkanes) is 2. The summed E-state index contributed by atoms with van der Waals surface area (Å²) in [4.78, 5) is 12.7. The molecule has 0 radical (unpaired) electrons. The maximum absolute atomic E-state index is 10.4. The molecule has 0 aromatic heterocycles. The van der Waals surface area contributed by atoms with Crippen molar-refractivity contribution in [3.8, 4) is 0 Å². The number of carboxylic acids is 1. The number of carboxylic acid groups (broad SMARTS) is 1. The highest BCUT2D eigenvalue weighted by molar-refractivity contribution is 5.66. The van der Waals surface area contributed by atoms with Gasteiger partial charge in [-0.2, -0.15) is 0 Å². The topological polar surface area (TPSA) is 40.5 Å². The molecule has 0 amide bonds. The van der Waals surface area contributed by atoms with Gasteiger partial charge in [-0.1, -0.05) is 19.8 Å². The van der Waals surface area contributed by atoms with E-state index in [1.807, 2.05) is 0 Å². The van der Waals surface area contributed by atoms with E-state index in [0.717, 1.165) is 6.54 Å². The van der Waals surface area contributed by atoms with Gasteiger partial charge in [0.05, 0.1) is 6.42 Å². The van der Waals surface area contributed by atoms with Gasteiger partial charge in [-0.05, 0) is 26.8 Å². The summed E-state index contributed by atoms with van der Waals surface area (Å²) in [6.07, 6.45) is 3.87. The Morgan fingerprint density at radius 3 is 2.36 bits per heavy atom. The Balaban J connectivity index is 3.72. The summed E-state index contributed by atoms with van der Waals surface area (Å²) in [5.74, 6) is -0.703. The van der Waals surface area contributed by atoms with Gasteiger partial charge in [-0.15, -0.1) is 0 Å². The Morgan fingerprint density at radius 2 is 1.93 bits per heavy atom. The molecule has 0 unspecified atom stereocenters.